The molecule has 0 saturated heterocycles. The minimum atomic E-state index is -0.903. The third-order valence-corrected chi connectivity index (χ3v) is 1.92. The minimum absolute atomic E-state index is 0.336. The van der Waals surface area contributed by atoms with Gasteiger partial charge in [-0.05, 0) is 12.7 Å². The van der Waals surface area contributed by atoms with Gasteiger partial charge < -0.3 is 10.8 Å². The molecule has 0 radical (unpaired) electrons. The molecule has 0 aliphatic carbocycles. The fourth-order valence-electron chi connectivity index (χ4n) is 0.719. The number of thioether (sulfide) groups is 1. The molecule has 0 rings (SSSR count). The van der Waals surface area contributed by atoms with Crippen molar-refractivity contribution in [3.8, 4) is 0 Å². The van der Waals surface area contributed by atoms with Crippen LogP contribution in [0.2, 0.25) is 0 Å². The van der Waals surface area contributed by atoms with Gasteiger partial charge in [0.15, 0.2) is 5.17 Å². The second-order valence-corrected chi connectivity index (χ2v) is 3.29. The van der Waals surface area contributed by atoms with E-state index >= 15 is 0 Å². The summed E-state index contributed by atoms with van der Waals surface area (Å²) in [7, 11) is 0. The molecule has 0 aromatic rings. The van der Waals surface area contributed by atoms with Gasteiger partial charge in [0, 0.05) is 0 Å². The number of carbonyl (C=O) groups is 1. The predicted molar refractivity (Wildman–Crippen MR) is 54.6 cm³/mol. The summed E-state index contributed by atoms with van der Waals surface area (Å²) in [4.78, 5) is 10.6. The van der Waals surface area contributed by atoms with Crippen LogP contribution in [0.1, 0.15) is 19.8 Å². The summed E-state index contributed by atoms with van der Waals surface area (Å²) in [5.41, 5.74) is 7.89. The fraction of sp³-hybridized carbons (Fsp3) is 0.714. The highest BCUT2D eigenvalue weighted by molar-refractivity contribution is 8.13. The Balaban J connectivity index is 4.03. The molecule has 0 spiro atoms. The number of hydrogen-bond donors (Lipinski definition) is 3. The molecule has 0 aliphatic rings. The van der Waals surface area contributed by atoms with E-state index in [-0.39, 0.29) is 0 Å². The lowest BCUT2D eigenvalue weighted by molar-refractivity contribution is -0.139. The van der Waals surface area contributed by atoms with Crippen LogP contribution < -0.4 is 11.2 Å². The third-order valence-electron chi connectivity index (χ3n) is 1.42. The van der Waals surface area contributed by atoms with Crippen LogP contribution in [0.15, 0.2) is 5.10 Å². The zero-order valence-corrected chi connectivity index (χ0v) is 8.60. The SMILES string of the molecule is CCC[C@H](N/N=C(\N)SC)C(=O)O. The van der Waals surface area contributed by atoms with Crippen molar-refractivity contribution in [1.29, 1.82) is 0 Å². The third kappa shape index (κ3) is 5.35. The van der Waals surface area contributed by atoms with Gasteiger partial charge >= 0.3 is 5.97 Å². The van der Waals surface area contributed by atoms with Crippen molar-refractivity contribution in [1.82, 2.24) is 5.43 Å². The van der Waals surface area contributed by atoms with Gasteiger partial charge in [0.2, 0.25) is 0 Å². The maximum atomic E-state index is 10.6. The van der Waals surface area contributed by atoms with Crippen LogP contribution in [0.3, 0.4) is 0 Å². The topological polar surface area (TPSA) is 87.7 Å². The Kier molecular flexibility index (Phi) is 6.13. The number of amidine groups is 1. The molecule has 0 aromatic carbocycles. The summed E-state index contributed by atoms with van der Waals surface area (Å²) in [6, 6.07) is -0.643. The summed E-state index contributed by atoms with van der Waals surface area (Å²) < 4.78 is 0. The summed E-state index contributed by atoms with van der Waals surface area (Å²) in [6.07, 6.45) is 3.11. The first-order chi connectivity index (χ1) is 6.11. The molecule has 0 amide bonds. The Labute approximate surface area is 81.8 Å². The second-order valence-electron chi connectivity index (χ2n) is 2.46. The highest BCUT2D eigenvalue weighted by atomic mass is 32.2. The summed E-state index contributed by atoms with van der Waals surface area (Å²) in [5, 5.41) is 12.8. The van der Waals surface area contributed by atoms with Crippen molar-refractivity contribution >= 4 is 22.9 Å². The number of hydrogen-bond acceptors (Lipinski definition) is 4. The fourth-order valence-corrected chi connectivity index (χ4v) is 0.863. The molecule has 0 fully saturated rings. The molecule has 76 valence electrons. The van der Waals surface area contributed by atoms with E-state index in [1.807, 2.05) is 6.92 Å². The first-order valence-corrected chi connectivity index (χ1v) is 5.19. The Bertz CT molecular complexity index is 196. The Morgan fingerprint density at radius 3 is 2.77 bits per heavy atom. The Hall–Kier alpha value is -0.910. The number of rotatable bonds is 5. The van der Waals surface area contributed by atoms with E-state index in [9.17, 15) is 4.79 Å². The molecule has 0 saturated carbocycles. The molecule has 0 aromatic heterocycles. The van der Waals surface area contributed by atoms with E-state index in [0.717, 1.165) is 6.42 Å². The van der Waals surface area contributed by atoms with E-state index in [0.29, 0.717) is 11.6 Å². The molecule has 1 atom stereocenters. The lowest BCUT2D eigenvalue weighted by Gasteiger charge is -2.10. The first-order valence-electron chi connectivity index (χ1n) is 3.97. The molecule has 0 aliphatic heterocycles. The summed E-state index contributed by atoms with van der Waals surface area (Å²) in [6.45, 7) is 1.92. The molecule has 0 bridgehead atoms. The van der Waals surface area contributed by atoms with Crippen molar-refractivity contribution in [2.45, 2.75) is 25.8 Å². The van der Waals surface area contributed by atoms with Crippen LogP contribution in [0.4, 0.5) is 0 Å². The number of nitrogens with one attached hydrogen (secondary N) is 1. The molecule has 4 N–H and O–H groups in total. The lowest BCUT2D eigenvalue weighted by Crippen LogP contribution is -2.34. The molecule has 0 unspecified atom stereocenters. The van der Waals surface area contributed by atoms with Crippen LogP contribution in [0.5, 0.6) is 0 Å². The maximum Gasteiger partial charge on any atom is 0.327 e. The second kappa shape index (κ2) is 6.59. The van der Waals surface area contributed by atoms with Crippen LogP contribution in [0.25, 0.3) is 0 Å². The molecule has 0 heterocycles. The van der Waals surface area contributed by atoms with E-state index in [2.05, 4.69) is 10.5 Å². The first kappa shape index (κ1) is 12.1. The number of nitrogens with two attached hydrogens (primary N) is 1. The van der Waals surface area contributed by atoms with Crippen molar-refractivity contribution in [3.05, 3.63) is 0 Å². The van der Waals surface area contributed by atoms with Gasteiger partial charge in [-0.2, -0.15) is 5.10 Å². The molecular weight excluding hydrogens is 190 g/mol. The standard InChI is InChI=1S/C7H15N3O2S/c1-3-4-5(6(11)12)9-10-7(8)13-2/h5,9H,3-4H2,1-2H3,(H2,8,10)(H,11,12)/t5-/m0/s1. The zero-order valence-electron chi connectivity index (χ0n) is 7.78. The van der Waals surface area contributed by atoms with Crippen molar-refractivity contribution in [2.75, 3.05) is 6.26 Å². The Morgan fingerprint density at radius 1 is 1.77 bits per heavy atom. The monoisotopic (exact) mass is 205 g/mol. The van der Waals surface area contributed by atoms with Crippen LogP contribution in [-0.2, 0) is 4.79 Å². The summed E-state index contributed by atoms with van der Waals surface area (Å²) >= 11 is 1.27. The smallest absolute Gasteiger partial charge is 0.327 e. The van der Waals surface area contributed by atoms with Crippen molar-refractivity contribution in [3.63, 3.8) is 0 Å². The van der Waals surface area contributed by atoms with Gasteiger partial charge in [-0.15, -0.1) is 0 Å². The van der Waals surface area contributed by atoms with Gasteiger partial charge in [-0.1, -0.05) is 25.1 Å². The number of hydrazone groups is 1. The Morgan fingerprint density at radius 2 is 2.38 bits per heavy atom. The van der Waals surface area contributed by atoms with Gasteiger partial charge in [0.05, 0.1) is 0 Å². The zero-order chi connectivity index (χ0) is 10.3. The van der Waals surface area contributed by atoms with E-state index in [1.165, 1.54) is 11.8 Å². The van der Waals surface area contributed by atoms with E-state index in [4.69, 9.17) is 10.8 Å². The molecule has 6 heteroatoms. The average molecular weight is 205 g/mol. The highest BCUT2D eigenvalue weighted by Gasteiger charge is 2.14. The van der Waals surface area contributed by atoms with Gasteiger partial charge in [0.25, 0.3) is 0 Å². The van der Waals surface area contributed by atoms with Gasteiger partial charge in [0.1, 0.15) is 6.04 Å². The van der Waals surface area contributed by atoms with E-state index in [1.54, 1.807) is 6.26 Å². The highest BCUT2D eigenvalue weighted by Crippen LogP contribution is 1.97. The largest absolute Gasteiger partial charge is 0.480 e. The van der Waals surface area contributed by atoms with Crippen molar-refractivity contribution in [2.24, 2.45) is 10.8 Å². The average Bonchev–Trinajstić information content (AvgIpc) is 2.11. The number of carboxylic acids is 1. The number of aliphatic carboxylic acids is 1. The molecular formula is C7H15N3O2S. The predicted octanol–water partition coefficient (Wildman–Crippen LogP) is 0.422. The van der Waals surface area contributed by atoms with E-state index < -0.39 is 12.0 Å². The number of nitrogens with zero attached hydrogens (tertiary/aromatic N) is 1. The van der Waals surface area contributed by atoms with Gasteiger partial charge in [-0.25, -0.2) is 4.79 Å². The molecule has 13 heavy (non-hydrogen) atoms. The molecule has 5 nitrogen and oxygen atoms in total. The van der Waals surface area contributed by atoms with Gasteiger partial charge in [-0.3, -0.25) is 5.43 Å². The van der Waals surface area contributed by atoms with Crippen LogP contribution in [0, 0.1) is 0 Å². The normalized spacial score (nSPS) is 13.8. The minimum Gasteiger partial charge on any atom is -0.480 e. The quantitative estimate of drug-likeness (QED) is 0.344. The summed E-state index contributed by atoms with van der Waals surface area (Å²) in [5.74, 6) is -0.903. The van der Waals surface area contributed by atoms with Crippen LogP contribution in [-0.4, -0.2) is 28.5 Å². The maximum absolute atomic E-state index is 10.6. The lowest BCUT2D eigenvalue weighted by atomic mass is 10.2. The number of carboxylic acid groups (broad SMARTS) is 1. The van der Waals surface area contributed by atoms with Crippen molar-refractivity contribution < 1.29 is 9.90 Å². The van der Waals surface area contributed by atoms with Crippen LogP contribution >= 0.6 is 11.8 Å².